The highest BCUT2D eigenvalue weighted by atomic mass is 16.2. The number of rotatable bonds is 10. The molecular weight excluding hydrogens is 248 g/mol. The molecule has 19 heavy (non-hydrogen) atoms. The Morgan fingerprint density at radius 2 is 1.79 bits per heavy atom. The molecule has 0 saturated carbocycles. The topological polar surface area (TPSA) is 127 Å². The third-order valence-electron chi connectivity index (χ3n) is 2.58. The van der Waals surface area contributed by atoms with E-state index in [9.17, 15) is 14.4 Å². The average Bonchev–Trinajstić information content (AvgIpc) is 2.33. The number of primary amides is 1. The molecule has 1 atom stereocenters. The van der Waals surface area contributed by atoms with Gasteiger partial charge in [0.25, 0.3) is 0 Å². The fraction of sp³-hybridized carbons (Fsp3) is 0.750. The van der Waals surface area contributed by atoms with E-state index in [0.717, 1.165) is 0 Å². The molecule has 0 bridgehead atoms. The molecule has 0 aromatic carbocycles. The van der Waals surface area contributed by atoms with Gasteiger partial charge in [-0.25, -0.2) is 0 Å². The van der Waals surface area contributed by atoms with Crippen LogP contribution >= 0.6 is 0 Å². The summed E-state index contributed by atoms with van der Waals surface area (Å²) in [6.07, 6.45) is 0.883. The fourth-order valence-corrected chi connectivity index (χ4v) is 1.28. The molecule has 6 N–H and O–H groups in total. The van der Waals surface area contributed by atoms with Crippen LogP contribution in [0.5, 0.6) is 0 Å². The first-order chi connectivity index (χ1) is 8.84. The van der Waals surface area contributed by atoms with Crippen LogP contribution in [0.25, 0.3) is 0 Å². The highest BCUT2D eigenvalue weighted by Gasteiger charge is 2.17. The van der Waals surface area contributed by atoms with E-state index in [0.29, 0.717) is 19.4 Å². The van der Waals surface area contributed by atoms with E-state index in [-0.39, 0.29) is 36.6 Å². The number of carbonyl (C=O) groups excluding carboxylic acids is 3. The summed E-state index contributed by atoms with van der Waals surface area (Å²) in [5.41, 5.74) is 10.6. The Balaban J connectivity index is 3.65. The molecule has 7 nitrogen and oxygen atoms in total. The molecular formula is C12H24N4O3. The maximum Gasteiger partial charge on any atom is 0.237 e. The summed E-state index contributed by atoms with van der Waals surface area (Å²) < 4.78 is 0. The van der Waals surface area contributed by atoms with Gasteiger partial charge in [-0.2, -0.15) is 0 Å². The Morgan fingerprint density at radius 3 is 2.32 bits per heavy atom. The molecule has 0 rings (SSSR count). The minimum atomic E-state index is -0.601. The van der Waals surface area contributed by atoms with E-state index < -0.39 is 6.04 Å². The van der Waals surface area contributed by atoms with Gasteiger partial charge in [-0.15, -0.1) is 0 Å². The summed E-state index contributed by atoms with van der Waals surface area (Å²) in [5, 5.41) is 5.37. The van der Waals surface area contributed by atoms with Crippen LogP contribution in [-0.2, 0) is 14.4 Å². The van der Waals surface area contributed by atoms with E-state index in [1.54, 1.807) is 0 Å². The zero-order valence-electron chi connectivity index (χ0n) is 11.6. The van der Waals surface area contributed by atoms with Crippen molar-refractivity contribution in [3.63, 3.8) is 0 Å². The van der Waals surface area contributed by atoms with E-state index >= 15 is 0 Å². The van der Waals surface area contributed by atoms with Crippen LogP contribution in [0.1, 0.15) is 26.7 Å². The Morgan fingerprint density at radius 1 is 1.16 bits per heavy atom. The summed E-state index contributed by atoms with van der Waals surface area (Å²) in [7, 11) is 0. The Labute approximate surface area is 113 Å². The highest BCUT2D eigenvalue weighted by molar-refractivity contribution is 5.89. The zero-order chi connectivity index (χ0) is 14.8. The second-order valence-corrected chi connectivity index (χ2v) is 4.77. The third kappa shape index (κ3) is 9.15. The molecule has 7 heteroatoms. The van der Waals surface area contributed by atoms with Crippen molar-refractivity contribution in [1.82, 2.24) is 10.6 Å². The lowest BCUT2D eigenvalue weighted by atomic mass is 10.1. The Hall–Kier alpha value is -1.47. The second kappa shape index (κ2) is 9.46. The van der Waals surface area contributed by atoms with Gasteiger partial charge in [0.05, 0.1) is 19.1 Å². The molecule has 0 aliphatic rings. The minimum Gasteiger partial charge on any atom is -0.370 e. The van der Waals surface area contributed by atoms with E-state index in [1.807, 2.05) is 13.8 Å². The predicted molar refractivity (Wildman–Crippen MR) is 72.1 cm³/mol. The molecule has 1 unspecified atom stereocenters. The summed E-state index contributed by atoms with van der Waals surface area (Å²) >= 11 is 0. The van der Waals surface area contributed by atoms with Crippen LogP contribution in [0.3, 0.4) is 0 Å². The van der Waals surface area contributed by atoms with Crippen LogP contribution in [0, 0.1) is 5.92 Å². The lowest BCUT2D eigenvalue weighted by molar-refractivity contribution is -0.126. The zero-order valence-corrected chi connectivity index (χ0v) is 11.6. The SMILES string of the molecule is CC(C)C(N)C(=O)NCC(=O)CNCCCC(N)=O. The van der Waals surface area contributed by atoms with Crippen molar-refractivity contribution in [2.75, 3.05) is 19.6 Å². The first-order valence-corrected chi connectivity index (χ1v) is 6.38. The maximum atomic E-state index is 11.5. The molecule has 110 valence electrons. The quantitative estimate of drug-likeness (QED) is 0.360. The van der Waals surface area contributed by atoms with Gasteiger partial charge in [-0.05, 0) is 18.9 Å². The van der Waals surface area contributed by atoms with Gasteiger partial charge in [0, 0.05) is 6.42 Å². The van der Waals surface area contributed by atoms with Crippen molar-refractivity contribution in [2.45, 2.75) is 32.7 Å². The summed E-state index contributed by atoms with van der Waals surface area (Å²) in [5.74, 6) is -0.787. The van der Waals surface area contributed by atoms with Gasteiger partial charge in [-0.1, -0.05) is 13.8 Å². The fourth-order valence-electron chi connectivity index (χ4n) is 1.28. The Bertz CT molecular complexity index is 318. The molecule has 0 saturated heterocycles. The summed E-state index contributed by atoms with van der Waals surface area (Å²) in [6.45, 7) is 4.32. The van der Waals surface area contributed by atoms with Crippen molar-refractivity contribution >= 4 is 17.6 Å². The average molecular weight is 272 g/mol. The van der Waals surface area contributed by atoms with Crippen LogP contribution in [0.2, 0.25) is 0 Å². The van der Waals surface area contributed by atoms with Crippen LogP contribution in [0.4, 0.5) is 0 Å². The number of amides is 2. The van der Waals surface area contributed by atoms with Gasteiger partial charge in [0.15, 0.2) is 5.78 Å². The highest BCUT2D eigenvalue weighted by Crippen LogP contribution is 1.97. The number of hydrogen-bond acceptors (Lipinski definition) is 5. The smallest absolute Gasteiger partial charge is 0.237 e. The van der Waals surface area contributed by atoms with Crippen molar-refractivity contribution in [3.8, 4) is 0 Å². The molecule has 0 aliphatic heterocycles. The molecule has 0 radical (unpaired) electrons. The van der Waals surface area contributed by atoms with E-state index in [2.05, 4.69) is 10.6 Å². The van der Waals surface area contributed by atoms with Crippen LogP contribution < -0.4 is 22.1 Å². The van der Waals surface area contributed by atoms with Crippen molar-refractivity contribution in [2.24, 2.45) is 17.4 Å². The van der Waals surface area contributed by atoms with Gasteiger partial charge in [0.1, 0.15) is 0 Å². The number of Topliss-reactive ketones (excluding diaryl/α,β-unsaturated/α-hetero) is 1. The molecule has 0 aromatic rings. The monoisotopic (exact) mass is 272 g/mol. The number of ketones is 1. The van der Waals surface area contributed by atoms with Crippen molar-refractivity contribution in [3.05, 3.63) is 0 Å². The van der Waals surface area contributed by atoms with Crippen molar-refractivity contribution < 1.29 is 14.4 Å². The lowest BCUT2D eigenvalue weighted by Crippen LogP contribution is -2.46. The van der Waals surface area contributed by atoms with Gasteiger partial charge < -0.3 is 22.1 Å². The molecule has 0 aromatic heterocycles. The van der Waals surface area contributed by atoms with Crippen LogP contribution in [0.15, 0.2) is 0 Å². The Kier molecular flexibility index (Phi) is 8.73. The third-order valence-corrected chi connectivity index (χ3v) is 2.58. The molecule has 2 amide bonds. The molecule has 0 heterocycles. The summed E-state index contributed by atoms with van der Waals surface area (Å²) in [4.78, 5) is 33.4. The largest absolute Gasteiger partial charge is 0.370 e. The standard InChI is InChI=1S/C12H24N4O3/c1-8(2)11(14)12(19)16-7-9(17)6-15-5-3-4-10(13)18/h8,11,15H,3-7,14H2,1-2H3,(H2,13,18)(H,16,19). The van der Waals surface area contributed by atoms with E-state index in [4.69, 9.17) is 11.5 Å². The maximum absolute atomic E-state index is 11.5. The van der Waals surface area contributed by atoms with Gasteiger partial charge in [-0.3, -0.25) is 14.4 Å². The second-order valence-electron chi connectivity index (χ2n) is 4.77. The predicted octanol–water partition coefficient (Wildman–Crippen LogP) is -1.49. The van der Waals surface area contributed by atoms with Gasteiger partial charge in [0.2, 0.25) is 11.8 Å². The van der Waals surface area contributed by atoms with Crippen molar-refractivity contribution in [1.29, 1.82) is 0 Å². The van der Waals surface area contributed by atoms with Gasteiger partial charge >= 0.3 is 0 Å². The number of hydrogen-bond donors (Lipinski definition) is 4. The van der Waals surface area contributed by atoms with E-state index in [1.165, 1.54) is 0 Å². The van der Waals surface area contributed by atoms with Crippen LogP contribution in [-0.4, -0.2) is 43.3 Å². The number of carbonyl (C=O) groups is 3. The number of nitrogens with one attached hydrogen (secondary N) is 2. The molecule has 0 spiro atoms. The first kappa shape index (κ1) is 17.5. The number of nitrogens with two attached hydrogens (primary N) is 2. The summed E-state index contributed by atoms with van der Waals surface area (Å²) in [6, 6.07) is -0.601. The normalized spacial score (nSPS) is 12.2. The lowest BCUT2D eigenvalue weighted by Gasteiger charge is -2.14. The first-order valence-electron chi connectivity index (χ1n) is 6.38. The molecule has 0 aliphatic carbocycles. The minimum absolute atomic E-state index is 0.0297. The molecule has 0 fully saturated rings.